The summed E-state index contributed by atoms with van der Waals surface area (Å²) in [6, 6.07) is 18.4. The molecule has 1 amide bonds. The minimum Gasteiger partial charge on any atom is -0.482 e. The Hall–Kier alpha value is -4.45. The third kappa shape index (κ3) is 5.99. The first-order valence-electron chi connectivity index (χ1n) is 14.5. The van der Waals surface area contributed by atoms with E-state index in [1.807, 2.05) is 60.1 Å². The predicted molar refractivity (Wildman–Crippen MR) is 161 cm³/mol. The smallest absolute Gasteiger partial charge is 0.264 e. The van der Waals surface area contributed by atoms with E-state index in [9.17, 15) is 14.0 Å². The molecule has 6 rings (SSSR count). The zero-order valence-electron chi connectivity index (χ0n) is 24.9. The maximum absolute atomic E-state index is 14.0. The molecule has 0 unspecified atom stereocenters. The first kappa shape index (κ1) is 29.6. The minimum atomic E-state index is -0.592. The molecule has 4 aromatic rings. The van der Waals surface area contributed by atoms with E-state index in [1.165, 1.54) is 12.3 Å². The minimum absolute atomic E-state index is 0.00387. The maximum atomic E-state index is 14.0. The van der Waals surface area contributed by atoms with Crippen molar-refractivity contribution in [3.8, 4) is 22.7 Å². The molecule has 44 heavy (non-hydrogen) atoms. The maximum Gasteiger partial charge on any atom is 0.264 e. The van der Waals surface area contributed by atoms with Crippen LogP contribution in [-0.2, 0) is 25.6 Å². The number of benzene rings is 2. The predicted octanol–water partition coefficient (Wildman–Crippen LogP) is 4.49. The molecule has 0 aliphatic carbocycles. The Morgan fingerprint density at radius 3 is 2.73 bits per heavy atom. The van der Waals surface area contributed by atoms with Crippen LogP contribution in [0.15, 0.2) is 66.9 Å². The van der Waals surface area contributed by atoms with E-state index in [1.54, 1.807) is 30.2 Å². The number of fused-ring (bicyclic) bond motifs is 1. The number of hydrogen-bond acceptors (Lipinski definition) is 8. The lowest BCUT2D eigenvalue weighted by atomic mass is 9.90. The standard InChI is InChI=1S/C33H34FN5O5/c1-21-27(18-26(40)15-24-19-38(13-14-42-3)44-33(24)23-11-12-35-30(34)17-23)39(25-7-5-4-6-8-25)36-32(21)22-9-10-29-28(16-22)37(2)31(41)20-43-29/h4-12,16-17,24,33H,13-15,18-20H2,1-3H3/t24-,33+/m1/s1. The normalized spacial score (nSPS) is 18.4. The van der Waals surface area contributed by atoms with Gasteiger partial charge in [0.15, 0.2) is 6.61 Å². The summed E-state index contributed by atoms with van der Waals surface area (Å²) in [5.41, 5.74) is 5.31. The molecule has 2 aromatic carbocycles. The van der Waals surface area contributed by atoms with Gasteiger partial charge in [0.1, 0.15) is 17.6 Å². The SMILES string of the molecule is COCCN1C[C@@H](CC(=O)Cc2c(C)c(-c3ccc4c(c3)N(C)C(=O)CO4)nn2-c2ccccc2)[C@H](c2ccnc(F)c2)O1. The number of pyridine rings is 1. The Bertz CT molecular complexity index is 1680. The summed E-state index contributed by atoms with van der Waals surface area (Å²) < 4.78 is 26.7. The number of amides is 1. The van der Waals surface area contributed by atoms with E-state index >= 15 is 0 Å². The number of carbonyl (C=O) groups excluding carboxylic acids is 2. The second-order valence-electron chi connectivity index (χ2n) is 11.1. The molecule has 0 N–H and O–H groups in total. The summed E-state index contributed by atoms with van der Waals surface area (Å²) in [7, 11) is 3.35. The van der Waals surface area contributed by atoms with Crippen molar-refractivity contribution in [1.29, 1.82) is 0 Å². The highest BCUT2D eigenvalue weighted by Gasteiger charge is 2.37. The topological polar surface area (TPSA) is 99.0 Å². The van der Waals surface area contributed by atoms with Crippen molar-refractivity contribution in [2.45, 2.75) is 25.9 Å². The monoisotopic (exact) mass is 599 g/mol. The number of likely N-dealkylation sites (N-methyl/N-ethyl adjacent to an activating group) is 1. The van der Waals surface area contributed by atoms with Gasteiger partial charge < -0.3 is 14.4 Å². The fourth-order valence-corrected chi connectivity index (χ4v) is 5.85. The molecule has 0 radical (unpaired) electrons. The van der Waals surface area contributed by atoms with Gasteiger partial charge in [0.25, 0.3) is 5.91 Å². The summed E-state index contributed by atoms with van der Waals surface area (Å²) in [5.74, 6) is -0.263. The Kier molecular flexibility index (Phi) is 8.51. The number of hydroxylamine groups is 2. The summed E-state index contributed by atoms with van der Waals surface area (Å²) in [6.07, 6.45) is 1.30. The number of ketones is 1. The molecule has 1 saturated heterocycles. The molecule has 0 saturated carbocycles. The van der Waals surface area contributed by atoms with Crippen molar-refractivity contribution in [2.24, 2.45) is 5.92 Å². The van der Waals surface area contributed by atoms with Crippen LogP contribution in [0.5, 0.6) is 5.75 Å². The van der Waals surface area contributed by atoms with Crippen LogP contribution >= 0.6 is 0 Å². The van der Waals surface area contributed by atoms with Crippen LogP contribution in [0.25, 0.3) is 16.9 Å². The van der Waals surface area contributed by atoms with Gasteiger partial charge >= 0.3 is 0 Å². The first-order chi connectivity index (χ1) is 21.3. The Labute approximate surface area is 254 Å². The molecule has 11 heteroatoms. The Balaban J connectivity index is 1.30. The average molecular weight is 600 g/mol. The highest BCUT2D eigenvalue weighted by Crippen LogP contribution is 2.39. The van der Waals surface area contributed by atoms with Crippen LogP contribution in [0.2, 0.25) is 0 Å². The number of halogens is 1. The van der Waals surface area contributed by atoms with Gasteiger partial charge in [-0.2, -0.15) is 14.6 Å². The summed E-state index contributed by atoms with van der Waals surface area (Å²) in [5, 5.41) is 6.75. The van der Waals surface area contributed by atoms with E-state index in [0.717, 1.165) is 22.5 Å². The molecule has 2 aliphatic heterocycles. The van der Waals surface area contributed by atoms with Gasteiger partial charge in [-0.25, -0.2) is 9.67 Å². The zero-order chi connectivity index (χ0) is 30.8. The van der Waals surface area contributed by atoms with Crippen LogP contribution in [0.4, 0.5) is 10.1 Å². The van der Waals surface area contributed by atoms with Gasteiger partial charge in [0, 0.05) is 57.8 Å². The van der Waals surface area contributed by atoms with Crippen molar-refractivity contribution in [1.82, 2.24) is 19.8 Å². The van der Waals surface area contributed by atoms with Gasteiger partial charge in [-0.3, -0.25) is 14.4 Å². The molecule has 2 aromatic heterocycles. The highest BCUT2D eigenvalue weighted by molar-refractivity contribution is 5.98. The molecule has 1 fully saturated rings. The van der Waals surface area contributed by atoms with Gasteiger partial charge in [0.05, 0.1) is 29.4 Å². The third-order valence-electron chi connectivity index (χ3n) is 8.17. The summed E-state index contributed by atoms with van der Waals surface area (Å²) in [6.45, 7) is 3.47. The molecule has 2 atom stereocenters. The van der Waals surface area contributed by atoms with E-state index in [-0.39, 0.29) is 37.1 Å². The van der Waals surface area contributed by atoms with E-state index < -0.39 is 12.1 Å². The quantitative estimate of drug-likeness (QED) is 0.246. The number of nitrogens with zero attached hydrogens (tertiary/aromatic N) is 5. The third-order valence-corrected chi connectivity index (χ3v) is 8.17. The number of aromatic nitrogens is 3. The number of hydrogen-bond donors (Lipinski definition) is 0. The van der Waals surface area contributed by atoms with Crippen molar-refractivity contribution in [3.63, 3.8) is 0 Å². The molecular formula is C33H34FN5O5. The Morgan fingerprint density at radius 2 is 1.95 bits per heavy atom. The fourth-order valence-electron chi connectivity index (χ4n) is 5.85. The van der Waals surface area contributed by atoms with E-state index in [2.05, 4.69) is 4.98 Å². The molecule has 0 bridgehead atoms. The largest absolute Gasteiger partial charge is 0.482 e. The zero-order valence-corrected chi connectivity index (χ0v) is 24.9. The second-order valence-corrected chi connectivity index (χ2v) is 11.1. The van der Waals surface area contributed by atoms with Gasteiger partial charge in [-0.1, -0.05) is 18.2 Å². The van der Waals surface area contributed by atoms with E-state index in [0.29, 0.717) is 42.4 Å². The lowest BCUT2D eigenvalue weighted by molar-refractivity contribution is -0.155. The van der Waals surface area contributed by atoms with Gasteiger partial charge in [-0.15, -0.1) is 0 Å². The molecular weight excluding hydrogens is 565 g/mol. The van der Waals surface area contributed by atoms with Crippen LogP contribution in [0.1, 0.15) is 29.3 Å². The highest BCUT2D eigenvalue weighted by atomic mass is 19.1. The lowest BCUT2D eigenvalue weighted by Gasteiger charge is -2.26. The molecule has 0 spiro atoms. The molecule has 4 heterocycles. The number of carbonyl (C=O) groups is 2. The summed E-state index contributed by atoms with van der Waals surface area (Å²) >= 11 is 0. The number of methoxy groups -OCH3 is 1. The number of Topliss-reactive ketones (excluding diaryl/α,β-unsaturated/α-hetero) is 1. The number of ether oxygens (including phenoxy) is 2. The van der Waals surface area contributed by atoms with Crippen LogP contribution in [0, 0.1) is 18.8 Å². The van der Waals surface area contributed by atoms with Crippen LogP contribution in [-0.4, -0.2) is 72.0 Å². The average Bonchev–Trinajstić information content (AvgIpc) is 3.58. The van der Waals surface area contributed by atoms with Gasteiger partial charge in [0.2, 0.25) is 5.95 Å². The van der Waals surface area contributed by atoms with Crippen LogP contribution in [0.3, 0.4) is 0 Å². The summed E-state index contributed by atoms with van der Waals surface area (Å²) in [4.78, 5) is 37.5. The number of anilines is 1. The van der Waals surface area contributed by atoms with Gasteiger partial charge in [-0.05, 0) is 60.5 Å². The number of rotatable bonds is 10. The second kappa shape index (κ2) is 12.7. The molecule has 10 nitrogen and oxygen atoms in total. The fraction of sp³-hybridized carbons (Fsp3) is 0.333. The van der Waals surface area contributed by atoms with Crippen molar-refractivity contribution >= 4 is 17.4 Å². The molecule has 228 valence electrons. The molecule has 2 aliphatic rings. The Morgan fingerprint density at radius 1 is 1.14 bits per heavy atom. The van der Waals surface area contributed by atoms with Crippen molar-refractivity contribution in [3.05, 3.63) is 89.6 Å². The van der Waals surface area contributed by atoms with E-state index in [4.69, 9.17) is 19.4 Å². The first-order valence-corrected chi connectivity index (χ1v) is 14.5. The van der Waals surface area contributed by atoms with Crippen LogP contribution < -0.4 is 9.64 Å². The number of para-hydroxylation sites is 1. The van der Waals surface area contributed by atoms with Crippen molar-refractivity contribution < 1.29 is 28.3 Å². The van der Waals surface area contributed by atoms with Crippen molar-refractivity contribution in [2.75, 3.05) is 45.4 Å². The lowest BCUT2D eigenvalue weighted by Crippen LogP contribution is -2.35.